The first-order valence-electron chi connectivity index (χ1n) is 8.67. The lowest BCUT2D eigenvalue weighted by atomic mass is 9.76. The van der Waals surface area contributed by atoms with Crippen molar-refractivity contribution in [2.45, 2.75) is 27.2 Å². The molecule has 0 heterocycles. The second-order valence-electron chi connectivity index (χ2n) is 6.72. The average Bonchev–Trinajstić information content (AvgIpc) is 2.60. The average molecular weight is 340 g/mol. The van der Waals surface area contributed by atoms with E-state index in [-0.39, 0.29) is 30.8 Å². The lowest BCUT2D eigenvalue weighted by molar-refractivity contribution is 0.0993. The van der Waals surface area contributed by atoms with Crippen LogP contribution in [-0.4, -0.2) is 28.5 Å². The van der Waals surface area contributed by atoms with Crippen LogP contribution in [-0.2, 0) is 0 Å². The molecule has 1 aliphatic rings. The Hall–Kier alpha value is -2.10. The molecule has 0 aliphatic heterocycles. The van der Waals surface area contributed by atoms with Crippen LogP contribution in [0.5, 0.6) is 0 Å². The van der Waals surface area contributed by atoms with Crippen LogP contribution in [0.2, 0.25) is 0 Å². The predicted octanol–water partition coefficient (Wildman–Crippen LogP) is 4.33. The highest BCUT2D eigenvalue weighted by atomic mass is 16.3. The third-order valence-electron chi connectivity index (χ3n) is 5.02. The molecule has 0 aromatic heterocycles. The maximum Gasteiger partial charge on any atom is 0.0967 e. The summed E-state index contributed by atoms with van der Waals surface area (Å²) in [5.41, 5.74) is 6.38. The van der Waals surface area contributed by atoms with Gasteiger partial charge in [-0.05, 0) is 61.1 Å². The Morgan fingerprint density at radius 3 is 2.36 bits per heavy atom. The van der Waals surface area contributed by atoms with Crippen molar-refractivity contribution in [1.29, 1.82) is 0 Å². The van der Waals surface area contributed by atoms with E-state index >= 15 is 0 Å². The van der Waals surface area contributed by atoms with E-state index in [2.05, 4.69) is 50.8 Å². The zero-order valence-electron chi connectivity index (χ0n) is 15.3. The van der Waals surface area contributed by atoms with Crippen molar-refractivity contribution < 1.29 is 15.3 Å². The fourth-order valence-electron chi connectivity index (χ4n) is 3.32. The summed E-state index contributed by atoms with van der Waals surface area (Å²) >= 11 is 0. The fourth-order valence-corrected chi connectivity index (χ4v) is 3.32. The highest BCUT2D eigenvalue weighted by Crippen LogP contribution is 2.41. The molecule has 1 aromatic carbocycles. The van der Waals surface area contributed by atoms with Gasteiger partial charge in [-0.15, -0.1) is 0 Å². The van der Waals surface area contributed by atoms with Crippen LogP contribution in [0.25, 0.3) is 5.57 Å². The summed E-state index contributed by atoms with van der Waals surface area (Å²) in [5.74, 6) is -0.506. The van der Waals surface area contributed by atoms with Gasteiger partial charge in [0.25, 0.3) is 0 Å². The first-order chi connectivity index (χ1) is 11.9. The van der Waals surface area contributed by atoms with Crippen molar-refractivity contribution in [3.05, 3.63) is 76.6 Å². The molecule has 25 heavy (non-hydrogen) atoms. The molecule has 3 heteroatoms. The van der Waals surface area contributed by atoms with Gasteiger partial charge in [0.1, 0.15) is 0 Å². The monoisotopic (exact) mass is 340 g/mol. The van der Waals surface area contributed by atoms with Crippen molar-refractivity contribution >= 4 is 5.57 Å². The van der Waals surface area contributed by atoms with Crippen molar-refractivity contribution in [3.8, 4) is 0 Å². The molecule has 0 saturated carbocycles. The quantitative estimate of drug-likeness (QED) is 0.747. The van der Waals surface area contributed by atoms with E-state index < -0.39 is 0 Å². The zero-order valence-corrected chi connectivity index (χ0v) is 15.3. The second-order valence-corrected chi connectivity index (χ2v) is 6.72. The van der Waals surface area contributed by atoms with Gasteiger partial charge in [-0.3, -0.25) is 0 Å². The van der Waals surface area contributed by atoms with Crippen LogP contribution >= 0.6 is 0 Å². The molecule has 0 saturated heterocycles. The third-order valence-corrected chi connectivity index (χ3v) is 5.02. The van der Waals surface area contributed by atoms with Gasteiger partial charge in [0.15, 0.2) is 0 Å². The maximum atomic E-state index is 10.3. The number of allylic oxidation sites excluding steroid dienone is 7. The van der Waals surface area contributed by atoms with E-state index in [4.69, 9.17) is 0 Å². The van der Waals surface area contributed by atoms with E-state index in [1.165, 1.54) is 5.56 Å². The van der Waals surface area contributed by atoms with Crippen molar-refractivity contribution in [2.75, 3.05) is 13.2 Å². The number of aryl methyl sites for hydroxylation is 1. The van der Waals surface area contributed by atoms with Gasteiger partial charge in [0.2, 0.25) is 0 Å². The Morgan fingerprint density at radius 2 is 1.84 bits per heavy atom. The number of aliphatic hydroxyl groups excluding tert-OH is 3. The largest absolute Gasteiger partial charge is 0.512 e. The SMILES string of the molecule is C=C1C=C(O)C(C(CO)CO)C/C1=C(/C(C)=C\C)c1ccc(C)cc1. The van der Waals surface area contributed by atoms with E-state index in [9.17, 15) is 15.3 Å². The van der Waals surface area contributed by atoms with Gasteiger partial charge < -0.3 is 15.3 Å². The molecular weight excluding hydrogens is 312 g/mol. The summed E-state index contributed by atoms with van der Waals surface area (Å²) in [5, 5.41) is 29.4. The summed E-state index contributed by atoms with van der Waals surface area (Å²) in [7, 11) is 0. The molecule has 0 radical (unpaired) electrons. The Kier molecular flexibility index (Phi) is 6.40. The number of hydrogen-bond donors (Lipinski definition) is 3. The van der Waals surface area contributed by atoms with Gasteiger partial charge in [0, 0.05) is 25.0 Å². The lowest BCUT2D eigenvalue weighted by Gasteiger charge is -2.31. The van der Waals surface area contributed by atoms with E-state index in [0.717, 1.165) is 27.9 Å². The van der Waals surface area contributed by atoms with Gasteiger partial charge in [0.05, 0.1) is 5.76 Å². The lowest BCUT2D eigenvalue weighted by Crippen LogP contribution is -2.27. The van der Waals surface area contributed by atoms with Gasteiger partial charge in [-0.1, -0.05) is 42.5 Å². The highest BCUT2D eigenvalue weighted by Gasteiger charge is 2.31. The second kappa shape index (κ2) is 8.32. The summed E-state index contributed by atoms with van der Waals surface area (Å²) in [6.07, 6.45) is 4.28. The normalized spacial score (nSPS) is 20.7. The molecule has 3 N–H and O–H groups in total. The number of benzene rings is 1. The Balaban J connectivity index is 2.61. The Bertz CT molecular complexity index is 716. The molecule has 134 valence electrons. The summed E-state index contributed by atoms with van der Waals surface area (Å²) in [4.78, 5) is 0. The van der Waals surface area contributed by atoms with Crippen molar-refractivity contribution in [2.24, 2.45) is 11.8 Å². The Labute approximate surface area is 150 Å². The van der Waals surface area contributed by atoms with E-state index in [1.54, 1.807) is 6.08 Å². The third kappa shape index (κ3) is 4.12. The van der Waals surface area contributed by atoms with Crippen LogP contribution in [0, 0.1) is 18.8 Å². The van der Waals surface area contributed by atoms with Crippen LogP contribution in [0.1, 0.15) is 31.4 Å². The van der Waals surface area contributed by atoms with Gasteiger partial charge in [-0.2, -0.15) is 0 Å². The minimum atomic E-state index is -0.385. The minimum Gasteiger partial charge on any atom is -0.512 e. The first-order valence-corrected chi connectivity index (χ1v) is 8.67. The maximum absolute atomic E-state index is 10.3. The molecule has 3 nitrogen and oxygen atoms in total. The highest BCUT2D eigenvalue weighted by molar-refractivity contribution is 5.84. The topological polar surface area (TPSA) is 60.7 Å². The molecule has 1 atom stereocenters. The number of hydrogen-bond acceptors (Lipinski definition) is 3. The van der Waals surface area contributed by atoms with Crippen molar-refractivity contribution in [1.82, 2.24) is 0 Å². The van der Waals surface area contributed by atoms with E-state index in [0.29, 0.717) is 6.42 Å². The number of rotatable bonds is 5. The smallest absolute Gasteiger partial charge is 0.0967 e. The predicted molar refractivity (Wildman–Crippen MR) is 103 cm³/mol. The van der Waals surface area contributed by atoms with Gasteiger partial charge in [-0.25, -0.2) is 0 Å². The van der Waals surface area contributed by atoms with E-state index in [1.807, 2.05) is 6.92 Å². The van der Waals surface area contributed by atoms with Crippen LogP contribution in [0.3, 0.4) is 0 Å². The molecule has 1 aromatic rings. The molecule has 1 aliphatic carbocycles. The molecule has 0 fully saturated rings. The standard InChI is InChI=1S/C22H28O3/c1-5-15(3)22(17-8-6-14(2)7-9-17)19-11-20(18(12-23)13-24)21(25)10-16(19)4/h5-10,18,20,23-25H,4,11-13H2,1-3H3/b15-5-,22-19+. The molecule has 2 rings (SSSR count). The van der Waals surface area contributed by atoms with Crippen LogP contribution < -0.4 is 0 Å². The summed E-state index contributed by atoms with van der Waals surface area (Å²) < 4.78 is 0. The Morgan fingerprint density at radius 1 is 1.24 bits per heavy atom. The minimum absolute atomic E-state index is 0.165. The zero-order chi connectivity index (χ0) is 18.6. The number of aliphatic hydroxyl groups is 3. The molecule has 1 unspecified atom stereocenters. The summed E-state index contributed by atoms with van der Waals surface area (Å²) in [6, 6.07) is 8.36. The molecule has 0 bridgehead atoms. The molecular formula is C22H28O3. The van der Waals surface area contributed by atoms with Crippen LogP contribution in [0.4, 0.5) is 0 Å². The summed E-state index contributed by atoms with van der Waals surface area (Å²) in [6.45, 7) is 9.93. The van der Waals surface area contributed by atoms with Crippen molar-refractivity contribution in [3.63, 3.8) is 0 Å². The first kappa shape index (κ1) is 19.2. The van der Waals surface area contributed by atoms with Crippen LogP contribution in [0.15, 0.2) is 65.5 Å². The molecule has 0 amide bonds. The fraction of sp³-hybridized carbons (Fsp3) is 0.364. The molecule has 0 spiro atoms. The van der Waals surface area contributed by atoms with Gasteiger partial charge >= 0.3 is 0 Å².